The number of furan rings is 1. The number of halogens is 1. The Labute approximate surface area is 289 Å². The quantitative estimate of drug-likeness (QED) is 0.110. The van der Waals surface area contributed by atoms with Gasteiger partial charge in [0, 0.05) is 30.2 Å². The number of rotatable bonds is 13. The Bertz CT molecular complexity index is 1760. The van der Waals surface area contributed by atoms with Crippen LogP contribution < -0.4 is 5.32 Å². The minimum atomic E-state index is -0.300. The van der Waals surface area contributed by atoms with Crippen LogP contribution in [0.3, 0.4) is 0 Å². The van der Waals surface area contributed by atoms with Crippen LogP contribution in [0, 0.1) is 29.6 Å². The summed E-state index contributed by atoms with van der Waals surface area (Å²) in [4.78, 5) is 16.2. The number of likely N-dealkylation sites (tertiary alicyclic amines) is 1. The number of hydrogen-bond acceptors (Lipinski definition) is 5. The van der Waals surface area contributed by atoms with Gasteiger partial charge in [-0.05, 0) is 111 Å². The first-order chi connectivity index (χ1) is 23.2. The molecule has 1 fully saturated rings. The summed E-state index contributed by atoms with van der Waals surface area (Å²) >= 11 is 6.59. The van der Waals surface area contributed by atoms with Crippen molar-refractivity contribution in [1.29, 1.82) is 10.7 Å². The summed E-state index contributed by atoms with van der Waals surface area (Å²) in [5, 5.41) is 21.8. The van der Waals surface area contributed by atoms with Gasteiger partial charge in [-0.3, -0.25) is 4.79 Å². The highest BCUT2D eigenvalue weighted by Gasteiger charge is 2.25. The maximum absolute atomic E-state index is 13.8. The molecule has 5 rings (SSSR count). The van der Waals surface area contributed by atoms with Crippen molar-refractivity contribution in [1.82, 2.24) is 10.2 Å². The zero-order chi connectivity index (χ0) is 34.0. The molecular weight excluding hydrogens is 616 g/mol. The van der Waals surface area contributed by atoms with Crippen molar-refractivity contribution in [2.24, 2.45) is 5.92 Å². The summed E-state index contributed by atoms with van der Waals surface area (Å²) < 4.78 is 6.18. The summed E-state index contributed by atoms with van der Waals surface area (Å²) in [5.41, 5.74) is 5.93. The molecule has 4 aromatic rings. The molecule has 2 heterocycles. The highest BCUT2D eigenvalue weighted by Crippen LogP contribution is 2.28. The molecule has 1 aromatic heterocycles. The van der Waals surface area contributed by atoms with E-state index < -0.39 is 0 Å². The van der Waals surface area contributed by atoms with Gasteiger partial charge in [0.05, 0.1) is 22.2 Å². The Morgan fingerprint density at radius 3 is 2.50 bits per heavy atom. The van der Waals surface area contributed by atoms with Crippen LogP contribution >= 0.6 is 11.6 Å². The van der Waals surface area contributed by atoms with E-state index in [2.05, 4.69) is 73.5 Å². The fraction of sp³-hybridized carbons (Fsp3) is 0.341. The van der Waals surface area contributed by atoms with Crippen LogP contribution in [0.5, 0.6) is 0 Å². The monoisotopic (exact) mass is 660 g/mol. The van der Waals surface area contributed by atoms with Crippen LogP contribution in [-0.4, -0.2) is 42.2 Å². The van der Waals surface area contributed by atoms with Crippen LogP contribution in [0.4, 0.5) is 0 Å². The number of carbonyl (C=O) groups is 1. The van der Waals surface area contributed by atoms with Gasteiger partial charge >= 0.3 is 0 Å². The number of carbonyl (C=O) groups excluding carboxylic acids is 1. The second kappa shape index (κ2) is 16.6. The van der Waals surface area contributed by atoms with Crippen molar-refractivity contribution in [3.8, 4) is 17.4 Å². The number of amides is 1. The topological polar surface area (TPSA) is 93.1 Å². The molecule has 3 aromatic carbocycles. The molecule has 1 unspecified atom stereocenters. The van der Waals surface area contributed by atoms with Crippen molar-refractivity contribution in [2.75, 3.05) is 19.6 Å². The van der Waals surface area contributed by atoms with E-state index in [1.165, 1.54) is 11.1 Å². The standard InChI is InChI=1S/C41H45ClN4O2/c1-4-46-22-20-33(21-23-46)39(44)26-35(24-30-10-12-31(27-43)13-11-30)45-41(47)37-25-34(16-18-38(37)42)40-19-17-36(48-40)7-5-6-29(3)32-14-8-28(2)9-15-32/h5-6,8-19,25,29,33,35,44H,4,7,20-24,26H2,1-3H3,(H,45,47)/b6-5+,44-39?/t29?,35-/m1/s1. The lowest BCUT2D eigenvalue weighted by atomic mass is 9.87. The molecule has 1 aliphatic rings. The normalized spacial score (nSPS) is 15.2. The lowest BCUT2D eigenvalue weighted by Gasteiger charge is -2.32. The third kappa shape index (κ3) is 9.34. The van der Waals surface area contributed by atoms with E-state index >= 15 is 0 Å². The molecule has 1 saturated heterocycles. The molecule has 0 radical (unpaired) electrons. The number of benzene rings is 3. The summed E-state index contributed by atoms with van der Waals surface area (Å²) in [7, 11) is 0. The maximum atomic E-state index is 13.8. The second-order valence-corrected chi connectivity index (χ2v) is 13.3. The summed E-state index contributed by atoms with van der Waals surface area (Å²) in [5.74, 6) is 1.74. The number of aryl methyl sites for hydroxylation is 1. The van der Waals surface area contributed by atoms with Gasteiger partial charge in [0.25, 0.3) is 5.91 Å². The summed E-state index contributed by atoms with van der Waals surface area (Å²) in [6, 6.07) is 27.2. The highest BCUT2D eigenvalue weighted by atomic mass is 35.5. The zero-order valence-electron chi connectivity index (χ0n) is 28.1. The molecule has 6 nitrogen and oxygen atoms in total. The van der Waals surface area contributed by atoms with E-state index in [0.29, 0.717) is 52.8 Å². The first-order valence-electron chi connectivity index (χ1n) is 16.9. The minimum absolute atomic E-state index is 0.217. The lowest BCUT2D eigenvalue weighted by molar-refractivity contribution is 0.0938. The molecule has 1 aliphatic heterocycles. The van der Waals surface area contributed by atoms with Crippen molar-refractivity contribution < 1.29 is 9.21 Å². The number of piperidine rings is 1. The molecule has 248 valence electrons. The van der Waals surface area contributed by atoms with E-state index in [4.69, 9.17) is 21.4 Å². The number of hydrogen-bond donors (Lipinski definition) is 2. The molecule has 0 saturated carbocycles. The van der Waals surface area contributed by atoms with Crippen molar-refractivity contribution in [3.63, 3.8) is 0 Å². The Morgan fingerprint density at radius 2 is 1.81 bits per heavy atom. The van der Waals surface area contributed by atoms with E-state index in [1.807, 2.05) is 30.3 Å². The number of nitriles is 1. The van der Waals surface area contributed by atoms with Crippen LogP contribution in [0.2, 0.25) is 5.02 Å². The number of nitrogens with zero attached hydrogens (tertiary/aromatic N) is 2. The first kappa shape index (κ1) is 34.9. The van der Waals surface area contributed by atoms with E-state index in [1.54, 1.807) is 24.3 Å². The minimum Gasteiger partial charge on any atom is -0.461 e. The first-order valence-corrected chi connectivity index (χ1v) is 17.3. The third-order valence-electron chi connectivity index (χ3n) is 9.40. The Balaban J connectivity index is 1.27. The lowest BCUT2D eigenvalue weighted by Crippen LogP contribution is -2.41. The van der Waals surface area contributed by atoms with Crippen molar-refractivity contribution >= 4 is 23.2 Å². The molecule has 0 bridgehead atoms. The van der Waals surface area contributed by atoms with Gasteiger partial charge < -0.3 is 20.0 Å². The fourth-order valence-corrected chi connectivity index (χ4v) is 6.54. The third-order valence-corrected chi connectivity index (χ3v) is 9.73. The highest BCUT2D eigenvalue weighted by molar-refractivity contribution is 6.34. The smallest absolute Gasteiger partial charge is 0.253 e. The maximum Gasteiger partial charge on any atom is 0.253 e. The Hall–Kier alpha value is -4.44. The van der Waals surface area contributed by atoms with Gasteiger partial charge in [0.15, 0.2) is 0 Å². The van der Waals surface area contributed by atoms with E-state index in [0.717, 1.165) is 49.4 Å². The molecule has 1 amide bonds. The van der Waals surface area contributed by atoms with Crippen LogP contribution in [-0.2, 0) is 12.8 Å². The van der Waals surface area contributed by atoms with Gasteiger partial charge in [-0.2, -0.15) is 5.26 Å². The van der Waals surface area contributed by atoms with Gasteiger partial charge in [-0.1, -0.05) is 79.6 Å². The molecular formula is C41H45ClN4O2. The molecule has 48 heavy (non-hydrogen) atoms. The largest absolute Gasteiger partial charge is 0.461 e. The zero-order valence-corrected chi connectivity index (χ0v) is 28.9. The number of allylic oxidation sites excluding steroid dienone is 2. The Kier molecular flexibility index (Phi) is 12.1. The summed E-state index contributed by atoms with van der Waals surface area (Å²) in [6.07, 6.45) is 7.92. The molecule has 0 aliphatic carbocycles. The predicted molar refractivity (Wildman–Crippen MR) is 195 cm³/mol. The predicted octanol–water partition coefficient (Wildman–Crippen LogP) is 9.17. The average Bonchev–Trinajstić information content (AvgIpc) is 3.58. The molecule has 2 atom stereocenters. The number of nitrogens with one attached hydrogen (secondary N) is 2. The van der Waals surface area contributed by atoms with Crippen LogP contribution in [0.25, 0.3) is 11.3 Å². The van der Waals surface area contributed by atoms with Gasteiger partial charge in [-0.15, -0.1) is 0 Å². The second-order valence-electron chi connectivity index (χ2n) is 12.9. The van der Waals surface area contributed by atoms with Crippen LogP contribution in [0.1, 0.15) is 77.4 Å². The van der Waals surface area contributed by atoms with Crippen LogP contribution in [0.15, 0.2) is 95.4 Å². The van der Waals surface area contributed by atoms with Gasteiger partial charge in [-0.25, -0.2) is 0 Å². The SMILES string of the molecule is CCN1CCC(C(=N)C[C@@H](Cc2ccc(C#N)cc2)NC(=O)c2cc(-c3ccc(C/C=C/C(C)c4ccc(C)cc4)o3)ccc2Cl)CC1. The van der Waals surface area contributed by atoms with Crippen molar-refractivity contribution in [2.45, 2.75) is 64.8 Å². The summed E-state index contributed by atoms with van der Waals surface area (Å²) in [6.45, 7) is 9.47. The fourth-order valence-electron chi connectivity index (χ4n) is 6.33. The molecule has 7 heteroatoms. The van der Waals surface area contributed by atoms with E-state index in [9.17, 15) is 10.1 Å². The average molecular weight is 661 g/mol. The molecule has 2 N–H and O–H groups in total. The van der Waals surface area contributed by atoms with Gasteiger partial charge in [0.1, 0.15) is 11.5 Å². The van der Waals surface area contributed by atoms with Gasteiger partial charge in [0.2, 0.25) is 0 Å². The molecule has 0 spiro atoms. The van der Waals surface area contributed by atoms with Crippen molar-refractivity contribution in [3.05, 3.63) is 130 Å². The van der Waals surface area contributed by atoms with E-state index in [-0.39, 0.29) is 17.9 Å². The Morgan fingerprint density at radius 1 is 1.08 bits per heavy atom.